The van der Waals surface area contributed by atoms with Crippen LogP contribution in [0.1, 0.15) is 56.9 Å². The van der Waals surface area contributed by atoms with Gasteiger partial charge < -0.3 is 15.1 Å². The maximum absolute atomic E-state index is 14.3. The van der Waals surface area contributed by atoms with Crippen molar-refractivity contribution in [1.82, 2.24) is 10.2 Å². The van der Waals surface area contributed by atoms with Crippen LogP contribution in [-0.4, -0.2) is 48.3 Å². The molecule has 2 aliphatic heterocycles. The van der Waals surface area contributed by atoms with E-state index in [1.54, 1.807) is 19.1 Å². The molecule has 3 fully saturated rings. The molecule has 1 aromatic carbocycles. The second-order valence-electron chi connectivity index (χ2n) is 9.30. The Bertz CT molecular complexity index is 844. The number of aryl methyl sites for hydroxylation is 1. The van der Waals surface area contributed by atoms with Gasteiger partial charge in [0, 0.05) is 38.0 Å². The lowest BCUT2D eigenvalue weighted by atomic mass is 9.87. The van der Waals surface area contributed by atoms with Crippen molar-refractivity contribution in [1.29, 1.82) is 0 Å². The number of nitrogens with one attached hydrogen (secondary N) is 1. The lowest BCUT2D eigenvalue weighted by molar-refractivity contribution is -0.137. The molecule has 2 saturated heterocycles. The SMILES string of the molecule is Cc1ccc(N2CC(C(=O)NC3CCN(C(=O)C4CCCCC4)CC3)CC2=O)c(F)c1. The standard InChI is InChI=1S/C24H32FN3O3/c1-16-7-8-21(20(25)13-16)28-15-18(14-22(28)29)23(30)26-19-9-11-27(12-10-19)24(31)17-5-3-2-4-6-17/h7-8,13,17-19H,2-6,9-12,14-15H2,1H3,(H,26,30). The zero-order valence-corrected chi connectivity index (χ0v) is 18.2. The first-order valence-electron chi connectivity index (χ1n) is 11.6. The van der Waals surface area contributed by atoms with Crippen LogP contribution in [0.4, 0.5) is 10.1 Å². The molecule has 168 valence electrons. The Morgan fingerprint density at radius 1 is 1.03 bits per heavy atom. The summed E-state index contributed by atoms with van der Waals surface area (Å²) in [7, 11) is 0. The normalized spacial score (nSPS) is 23.3. The fraction of sp³-hybridized carbons (Fsp3) is 0.625. The van der Waals surface area contributed by atoms with Gasteiger partial charge in [-0.05, 0) is 50.3 Å². The lowest BCUT2D eigenvalue weighted by Gasteiger charge is -2.35. The van der Waals surface area contributed by atoms with Gasteiger partial charge in [0.2, 0.25) is 17.7 Å². The third-order valence-electron chi connectivity index (χ3n) is 7.00. The van der Waals surface area contributed by atoms with Gasteiger partial charge in [0.1, 0.15) is 5.82 Å². The van der Waals surface area contributed by atoms with E-state index in [-0.39, 0.29) is 48.3 Å². The van der Waals surface area contributed by atoms with Gasteiger partial charge in [-0.3, -0.25) is 14.4 Å². The van der Waals surface area contributed by atoms with E-state index in [0.717, 1.165) is 44.1 Å². The van der Waals surface area contributed by atoms with Gasteiger partial charge >= 0.3 is 0 Å². The van der Waals surface area contributed by atoms with Gasteiger partial charge in [-0.1, -0.05) is 25.3 Å². The summed E-state index contributed by atoms with van der Waals surface area (Å²) in [4.78, 5) is 41.2. The van der Waals surface area contributed by atoms with Crippen LogP contribution in [0.25, 0.3) is 0 Å². The predicted molar refractivity (Wildman–Crippen MR) is 116 cm³/mol. The van der Waals surface area contributed by atoms with E-state index in [0.29, 0.717) is 13.1 Å². The number of carbonyl (C=O) groups is 3. The van der Waals surface area contributed by atoms with Crippen molar-refractivity contribution in [3.8, 4) is 0 Å². The number of carbonyl (C=O) groups excluding carboxylic acids is 3. The molecule has 4 rings (SSSR count). The third-order valence-corrected chi connectivity index (χ3v) is 7.00. The number of benzene rings is 1. The Morgan fingerprint density at radius 3 is 2.42 bits per heavy atom. The first-order valence-corrected chi connectivity index (χ1v) is 11.6. The molecule has 3 amide bonds. The highest BCUT2D eigenvalue weighted by Gasteiger charge is 2.37. The van der Waals surface area contributed by atoms with Crippen LogP contribution in [0.3, 0.4) is 0 Å². The molecule has 2 heterocycles. The van der Waals surface area contributed by atoms with Crippen LogP contribution < -0.4 is 10.2 Å². The molecule has 6 nitrogen and oxygen atoms in total. The Labute approximate surface area is 183 Å². The average molecular weight is 430 g/mol. The molecule has 0 spiro atoms. The maximum atomic E-state index is 14.3. The van der Waals surface area contributed by atoms with Crippen molar-refractivity contribution >= 4 is 23.4 Å². The van der Waals surface area contributed by atoms with Crippen molar-refractivity contribution in [3.05, 3.63) is 29.6 Å². The number of hydrogen-bond donors (Lipinski definition) is 1. The summed E-state index contributed by atoms with van der Waals surface area (Å²) in [5.74, 6) is -0.838. The van der Waals surface area contributed by atoms with Crippen LogP contribution in [0.5, 0.6) is 0 Å². The minimum Gasteiger partial charge on any atom is -0.353 e. The Kier molecular flexibility index (Phi) is 6.58. The topological polar surface area (TPSA) is 69.7 Å². The van der Waals surface area contributed by atoms with E-state index in [9.17, 15) is 18.8 Å². The molecule has 3 aliphatic rings. The number of piperidine rings is 1. The predicted octanol–water partition coefficient (Wildman–Crippen LogP) is 3.17. The molecular weight excluding hydrogens is 397 g/mol. The molecule has 1 atom stereocenters. The van der Waals surface area contributed by atoms with Gasteiger partial charge in [-0.2, -0.15) is 0 Å². The number of nitrogens with zero attached hydrogens (tertiary/aromatic N) is 2. The minimum absolute atomic E-state index is 0.0168. The highest BCUT2D eigenvalue weighted by molar-refractivity contribution is 6.00. The zero-order chi connectivity index (χ0) is 22.0. The molecule has 1 aromatic rings. The first-order chi connectivity index (χ1) is 14.9. The van der Waals surface area contributed by atoms with E-state index >= 15 is 0 Å². The average Bonchev–Trinajstić information content (AvgIpc) is 3.16. The number of amides is 3. The second kappa shape index (κ2) is 9.37. The molecule has 1 unspecified atom stereocenters. The Hall–Kier alpha value is -2.44. The molecule has 0 bridgehead atoms. The van der Waals surface area contributed by atoms with Crippen LogP contribution in [0, 0.1) is 24.6 Å². The molecule has 1 aliphatic carbocycles. The van der Waals surface area contributed by atoms with Crippen LogP contribution in [-0.2, 0) is 14.4 Å². The van der Waals surface area contributed by atoms with Gasteiger partial charge in [0.25, 0.3) is 0 Å². The molecule has 1 saturated carbocycles. The fourth-order valence-electron chi connectivity index (χ4n) is 5.12. The largest absolute Gasteiger partial charge is 0.353 e. The fourth-order valence-corrected chi connectivity index (χ4v) is 5.12. The van der Waals surface area contributed by atoms with Gasteiger partial charge in [0.15, 0.2) is 0 Å². The molecule has 7 heteroatoms. The number of hydrogen-bond acceptors (Lipinski definition) is 3. The highest BCUT2D eigenvalue weighted by Crippen LogP contribution is 2.29. The summed E-state index contributed by atoms with van der Waals surface area (Å²) in [6, 6.07) is 4.78. The van der Waals surface area contributed by atoms with E-state index in [1.807, 2.05) is 4.90 Å². The van der Waals surface area contributed by atoms with Crippen LogP contribution >= 0.6 is 0 Å². The monoisotopic (exact) mass is 429 g/mol. The number of rotatable bonds is 4. The zero-order valence-electron chi connectivity index (χ0n) is 18.2. The highest BCUT2D eigenvalue weighted by atomic mass is 19.1. The van der Waals surface area contributed by atoms with Crippen LogP contribution in [0.15, 0.2) is 18.2 Å². The van der Waals surface area contributed by atoms with Crippen molar-refractivity contribution in [2.75, 3.05) is 24.5 Å². The van der Waals surface area contributed by atoms with Crippen molar-refractivity contribution in [2.24, 2.45) is 11.8 Å². The summed E-state index contributed by atoms with van der Waals surface area (Å²) in [6.07, 6.45) is 7.10. The van der Waals surface area contributed by atoms with Gasteiger partial charge in [0.05, 0.1) is 11.6 Å². The molecule has 1 N–H and O–H groups in total. The van der Waals surface area contributed by atoms with Crippen molar-refractivity contribution in [2.45, 2.75) is 64.3 Å². The van der Waals surface area contributed by atoms with Gasteiger partial charge in [-0.25, -0.2) is 4.39 Å². The van der Waals surface area contributed by atoms with Crippen LogP contribution in [0.2, 0.25) is 0 Å². The van der Waals surface area contributed by atoms with Crippen molar-refractivity contribution in [3.63, 3.8) is 0 Å². The van der Waals surface area contributed by atoms with E-state index in [1.165, 1.54) is 17.4 Å². The number of likely N-dealkylation sites (tertiary alicyclic amines) is 1. The maximum Gasteiger partial charge on any atom is 0.227 e. The first kappa shape index (κ1) is 21.8. The van der Waals surface area contributed by atoms with Gasteiger partial charge in [-0.15, -0.1) is 0 Å². The molecular formula is C24H32FN3O3. The molecule has 0 aromatic heterocycles. The molecule has 0 radical (unpaired) electrons. The van der Waals surface area contributed by atoms with E-state index < -0.39 is 11.7 Å². The molecule has 31 heavy (non-hydrogen) atoms. The summed E-state index contributed by atoms with van der Waals surface area (Å²) < 4.78 is 14.3. The minimum atomic E-state index is -0.477. The Balaban J connectivity index is 1.27. The van der Waals surface area contributed by atoms with E-state index in [2.05, 4.69) is 5.32 Å². The quantitative estimate of drug-likeness (QED) is 0.799. The number of halogens is 1. The Morgan fingerprint density at radius 2 is 1.74 bits per heavy atom. The lowest BCUT2D eigenvalue weighted by Crippen LogP contribution is -2.49. The summed E-state index contributed by atoms with van der Waals surface area (Å²) >= 11 is 0. The smallest absolute Gasteiger partial charge is 0.227 e. The van der Waals surface area contributed by atoms with E-state index in [4.69, 9.17) is 0 Å². The third kappa shape index (κ3) is 4.91. The van der Waals surface area contributed by atoms with Crippen molar-refractivity contribution < 1.29 is 18.8 Å². The second-order valence-corrected chi connectivity index (χ2v) is 9.30. The summed E-state index contributed by atoms with van der Waals surface area (Å²) in [6.45, 7) is 3.34. The summed E-state index contributed by atoms with van der Waals surface area (Å²) in [5.41, 5.74) is 1.02. The summed E-state index contributed by atoms with van der Waals surface area (Å²) in [5, 5.41) is 3.07. The number of anilines is 1.